The van der Waals surface area contributed by atoms with Gasteiger partial charge in [-0.1, -0.05) is 42.8 Å². The molecule has 3 rings (SSSR count). The summed E-state index contributed by atoms with van der Waals surface area (Å²) in [5.41, 5.74) is 3.82. The molecule has 1 saturated heterocycles. The van der Waals surface area contributed by atoms with Crippen molar-refractivity contribution in [3.05, 3.63) is 41.7 Å². The number of benzene rings is 1. The second kappa shape index (κ2) is 7.09. The number of carbonyl (C=O) groups is 2. The minimum Gasteiger partial charge on any atom is -0.334 e. The van der Waals surface area contributed by atoms with E-state index in [0.717, 1.165) is 36.0 Å². The zero-order valence-corrected chi connectivity index (χ0v) is 14.5. The van der Waals surface area contributed by atoms with Crippen LogP contribution in [0.3, 0.4) is 0 Å². The van der Waals surface area contributed by atoms with Gasteiger partial charge in [0.05, 0.1) is 23.3 Å². The first-order chi connectivity index (χ1) is 11.6. The van der Waals surface area contributed by atoms with E-state index in [4.69, 9.17) is 0 Å². The molecule has 2 amide bonds. The summed E-state index contributed by atoms with van der Waals surface area (Å²) in [5, 5.41) is 9.85. The van der Waals surface area contributed by atoms with E-state index in [9.17, 15) is 9.59 Å². The van der Waals surface area contributed by atoms with Crippen molar-refractivity contribution in [2.75, 3.05) is 11.1 Å². The number of aryl methyl sites for hydroxylation is 1. The zero-order valence-electron chi connectivity index (χ0n) is 13.7. The lowest BCUT2D eigenvalue weighted by Crippen LogP contribution is -2.38. The largest absolute Gasteiger partial charge is 0.334 e. The van der Waals surface area contributed by atoms with E-state index in [-0.39, 0.29) is 11.1 Å². The Labute approximate surface area is 145 Å². The molecule has 1 atom stereocenters. The summed E-state index contributed by atoms with van der Waals surface area (Å²) in [6, 6.07) is 7.62. The normalized spacial score (nSPS) is 16.9. The molecule has 0 bridgehead atoms. The highest BCUT2D eigenvalue weighted by Gasteiger charge is 2.28. The summed E-state index contributed by atoms with van der Waals surface area (Å²) in [5.74, 6) is 0.258. The maximum Gasteiger partial charge on any atom is 0.279 e. The number of nitrogens with one attached hydrogen (secondary N) is 2. The molecule has 1 aliphatic rings. The van der Waals surface area contributed by atoms with Gasteiger partial charge >= 0.3 is 0 Å². The molecule has 7 heteroatoms. The van der Waals surface area contributed by atoms with Crippen molar-refractivity contribution >= 4 is 28.6 Å². The number of hydrogen-bond acceptors (Lipinski definition) is 4. The molecule has 24 heavy (non-hydrogen) atoms. The van der Waals surface area contributed by atoms with Gasteiger partial charge in [-0.25, -0.2) is 4.68 Å². The molecule has 2 aromatic rings. The van der Waals surface area contributed by atoms with Crippen LogP contribution in [0.1, 0.15) is 24.6 Å². The highest BCUT2D eigenvalue weighted by atomic mass is 32.2. The first-order valence-electron chi connectivity index (χ1n) is 7.96. The van der Waals surface area contributed by atoms with Crippen LogP contribution in [-0.2, 0) is 11.2 Å². The molecule has 0 spiro atoms. The Bertz CT molecular complexity index is 754. The van der Waals surface area contributed by atoms with E-state index < -0.39 is 6.04 Å². The van der Waals surface area contributed by atoms with Gasteiger partial charge in [0, 0.05) is 5.75 Å². The molecule has 126 valence electrons. The van der Waals surface area contributed by atoms with E-state index in [0.29, 0.717) is 11.4 Å². The number of anilines is 1. The summed E-state index contributed by atoms with van der Waals surface area (Å²) in [4.78, 5) is 23.6. The molecule has 1 aromatic heterocycles. The van der Waals surface area contributed by atoms with Gasteiger partial charge in [-0.3, -0.25) is 9.59 Å². The van der Waals surface area contributed by atoms with Gasteiger partial charge in [0.2, 0.25) is 5.91 Å². The van der Waals surface area contributed by atoms with Crippen LogP contribution in [0.5, 0.6) is 0 Å². The van der Waals surface area contributed by atoms with Gasteiger partial charge in [-0.2, -0.15) is 5.10 Å². The molecule has 0 unspecified atom stereocenters. The fourth-order valence-electron chi connectivity index (χ4n) is 2.61. The minimum absolute atomic E-state index is 0.153. The van der Waals surface area contributed by atoms with Crippen molar-refractivity contribution in [2.24, 2.45) is 0 Å². The van der Waals surface area contributed by atoms with Crippen molar-refractivity contribution in [3.63, 3.8) is 0 Å². The van der Waals surface area contributed by atoms with E-state index in [1.54, 1.807) is 6.20 Å². The number of thioether (sulfide) groups is 1. The highest BCUT2D eigenvalue weighted by Crippen LogP contribution is 2.22. The number of aromatic nitrogens is 2. The molecule has 0 aliphatic carbocycles. The predicted octanol–water partition coefficient (Wildman–Crippen LogP) is 2.90. The van der Waals surface area contributed by atoms with Crippen LogP contribution in [-0.4, -0.2) is 32.7 Å². The van der Waals surface area contributed by atoms with Crippen LogP contribution in [0.25, 0.3) is 5.69 Å². The second-order valence-electron chi connectivity index (χ2n) is 5.79. The van der Waals surface area contributed by atoms with Crippen LogP contribution in [0.4, 0.5) is 10.5 Å². The standard InChI is InChI=1S/C17H20N4O2S/c1-3-4-15-13(19-16(22)14-10-24-17(23)20-14)9-18-21(15)12-7-5-11(2)6-8-12/h5-9,14H,3-4,10H2,1-2H3,(H,19,22)(H,20,23)/t14-/m0/s1. The quantitative estimate of drug-likeness (QED) is 0.874. The number of nitrogens with zero attached hydrogens (tertiary/aromatic N) is 2. The average molecular weight is 344 g/mol. The maximum absolute atomic E-state index is 12.3. The molecule has 0 radical (unpaired) electrons. The molecule has 1 fully saturated rings. The fourth-order valence-corrected chi connectivity index (χ4v) is 3.39. The molecule has 1 aliphatic heterocycles. The first kappa shape index (κ1) is 16.6. The molecule has 1 aromatic carbocycles. The van der Waals surface area contributed by atoms with Crippen LogP contribution < -0.4 is 10.6 Å². The molecule has 2 heterocycles. The Balaban J connectivity index is 1.84. The van der Waals surface area contributed by atoms with Crippen molar-refractivity contribution in [1.29, 1.82) is 0 Å². The van der Waals surface area contributed by atoms with Crippen LogP contribution in [0, 0.1) is 6.92 Å². The lowest BCUT2D eigenvalue weighted by molar-refractivity contribution is -0.117. The smallest absolute Gasteiger partial charge is 0.279 e. The summed E-state index contributed by atoms with van der Waals surface area (Å²) in [6.45, 7) is 4.13. The van der Waals surface area contributed by atoms with Crippen molar-refractivity contribution < 1.29 is 9.59 Å². The molecular weight excluding hydrogens is 324 g/mol. The van der Waals surface area contributed by atoms with Gasteiger partial charge < -0.3 is 10.6 Å². The van der Waals surface area contributed by atoms with Gasteiger partial charge in [-0.05, 0) is 25.5 Å². The van der Waals surface area contributed by atoms with Crippen LogP contribution >= 0.6 is 11.8 Å². The summed E-state index contributed by atoms with van der Waals surface area (Å²) < 4.78 is 1.86. The third-order valence-corrected chi connectivity index (χ3v) is 4.76. The average Bonchev–Trinajstić information content (AvgIpc) is 3.16. The van der Waals surface area contributed by atoms with E-state index in [1.165, 1.54) is 5.56 Å². The van der Waals surface area contributed by atoms with Gasteiger partial charge in [0.15, 0.2) is 0 Å². The van der Waals surface area contributed by atoms with E-state index in [1.807, 2.05) is 35.9 Å². The Hall–Kier alpha value is -2.28. The first-order valence-corrected chi connectivity index (χ1v) is 8.95. The van der Waals surface area contributed by atoms with Crippen LogP contribution in [0.2, 0.25) is 0 Å². The van der Waals surface area contributed by atoms with Crippen molar-refractivity contribution in [3.8, 4) is 5.69 Å². The SMILES string of the molecule is CCCc1c(NC(=O)[C@@H]2CSC(=O)N2)cnn1-c1ccc(C)cc1. The third-order valence-electron chi connectivity index (χ3n) is 3.88. The Morgan fingerprint density at radius 1 is 1.42 bits per heavy atom. The van der Waals surface area contributed by atoms with Crippen molar-refractivity contribution in [1.82, 2.24) is 15.1 Å². The number of carbonyl (C=O) groups excluding carboxylic acids is 2. The third kappa shape index (κ3) is 3.46. The highest BCUT2D eigenvalue weighted by molar-refractivity contribution is 8.14. The Morgan fingerprint density at radius 2 is 2.17 bits per heavy atom. The Kier molecular flexibility index (Phi) is 4.89. The summed E-state index contributed by atoms with van der Waals surface area (Å²) in [7, 11) is 0. The van der Waals surface area contributed by atoms with Gasteiger partial charge in [0.1, 0.15) is 6.04 Å². The maximum atomic E-state index is 12.3. The lowest BCUT2D eigenvalue weighted by Gasteiger charge is -2.12. The molecule has 6 nitrogen and oxygen atoms in total. The van der Waals surface area contributed by atoms with E-state index >= 15 is 0 Å². The predicted molar refractivity (Wildman–Crippen MR) is 95.7 cm³/mol. The van der Waals surface area contributed by atoms with Crippen LogP contribution in [0.15, 0.2) is 30.5 Å². The molecular formula is C17H20N4O2S. The minimum atomic E-state index is -0.486. The van der Waals surface area contributed by atoms with Crippen molar-refractivity contribution in [2.45, 2.75) is 32.7 Å². The second-order valence-corrected chi connectivity index (χ2v) is 6.78. The Morgan fingerprint density at radius 3 is 2.79 bits per heavy atom. The molecule has 2 N–H and O–H groups in total. The van der Waals surface area contributed by atoms with E-state index in [2.05, 4.69) is 22.7 Å². The number of hydrogen-bond donors (Lipinski definition) is 2. The summed E-state index contributed by atoms with van der Waals surface area (Å²) in [6.07, 6.45) is 3.42. The lowest BCUT2D eigenvalue weighted by atomic mass is 10.2. The van der Waals surface area contributed by atoms with Gasteiger partial charge in [-0.15, -0.1) is 0 Å². The molecule has 0 saturated carbocycles. The number of amides is 2. The number of rotatable bonds is 5. The van der Waals surface area contributed by atoms with Gasteiger partial charge in [0.25, 0.3) is 5.24 Å². The monoisotopic (exact) mass is 344 g/mol. The topological polar surface area (TPSA) is 76.0 Å². The fraction of sp³-hybridized carbons (Fsp3) is 0.353. The zero-order chi connectivity index (χ0) is 17.1. The summed E-state index contributed by atoms with van der Waals surface area (Å²) >= 11 is 1.13.